The lowest BCUT2D eigenvalue weighted by Gasteiger charge is -2.24. The van der Waals surface area contributed by atoms with Crippen molar-refractivity contribution in [1.29, 1.82) is 0 Å². The number of hydrogen-bond acceptors (Lipinski definition) is 3. The van der Waals surface area contributed by atoms with Crippen LogP contribution in [0.3, 0.4) is 0 Å². The van der Waals surface area contributed by atoms with Crippen LogP contribution in [-0.2, 0) is 6.54 Å². The summed E-state index contributed by atoms with van der Waals surface area (Å²) >= 11 is 1.92. The first-order chi connectivity index (χ1) is 8.65. The van der Waals surface area contributed by atoms with Crippen molar-refractivity contribution in [2.75, 3.05) is 6.54 Å². The Kier molecular flexibility index (Phi) is 5.19. The quantitative estimate of drug-likeness (QED) is 0.864. The molecule has 0 aromatic carbocycles. The summed E-state index contributed by atoms with van der Waals surface area (Å²) in [5.74, 6) is 2.34. The maximum absolute atomic E-state index is 4.65. The van der Waals surface area contributed by atoms with Crippen molar-refractivity contribution < 1.29 is 0 Å². The molecule has 2 unspecified atom stereocenters. The molecule has 0 bridgehead atoms. The molecule has 0 amide bonds. The largest absolute Gasteiger partial charge is 0.312 e. The van der Waals surface area contributed by atoms with E-state index in [0.717, 1.165) is 30.8 Å². The smallest absolute Gasteiger partial charge is 0.0959 e. The Morgan fingerprint density at radius 3 is 3.00 bits per heavy atom. The molecule has 1 aromatic rings. The molecule has 1 N–H and O–H groups in total. The molecule has 0 aliphatic heterocycles. The normalized spacial score (nSPS) is 24.7. The van der Waals surface area contributed by atoms with Gasteiger partial charge in [0.15, 0.2) is 0 Å². The second kappa shape index (κ2) is 6.67. The second-order valence-electron chi connectivity index (χ2n) is 6.16. The molecule has 1 fully saturated rings. The number of nitrogens with one attached hydrogen (secondary N) is 1. The highest BCUT2D eigenvalue weighted by molar-refractivity contribution is 7.11. The van der Waals surface area contributed by atoms with E-state index in [1.807, 2.05) is 11.3 Å². The van der Waals surface area contributed by atoms with Crippen LogP contribution in [0.15, 0.2) is 6.20 Å². The number of thiazole rings is 1. The van der Waals surface area contributed by atoms with E-state index in [1.54, 1.807) is 0 Å². The number of nitrogens with zero attached hydrogens (tertiary/aromatic N) is 1. The zero-order valence-electron chi connectivity index (χ0n) is 11.9. The lowest BCUT2D eigenvalue weighted by Crippen LogP contribution is -2.18. The molecule has 102 valence electrons. The highest BCUT2D eigenvalue weighted by Crippen LogP contribution is 2.37. The van der Waals surface area contributed by atoms with Gasteiger partial charge in [-0.15, -0.1) is 11.3 Å². The standard InChI is InChI=1S/C15H26N2S/c1-11(2)8-16-9-14-10-17-15(18-14)13-6-4-5-12(3)7-13/h10-13,16H,4-9H2,1-3H3. The first kappa shape index (κ1) is 14.0. The van der Waals surface area contributed by atoms with Crippen LogP contribution in [0.1, 0.15) is 62.3 Å². The van der Waals surface area contributed by atoms with Gasteiger partial charge in [-0.05, 0) is 31.2 Å². The Labute approximate surface area is 115 Å². The Morgan fingerprint density at radius 1 is 1.44 bits per heavy atom. The van der Waals surface area contributed by atoms with Gasteiger partial charge in [0, 0.05) is 23.5 Å². The van der Waals surface area contributed by atoms with E-state index >= 15 is 0 Å². The van der Waals surface area contributed by atoms with Gasteiger partial charge in [-0.1, -0.05) is 33.6 Å². The average molecular weight is 266 g/mol. The van der Waals surface area contributed by atoms with Crippen LogP contribution in [0.2, 0.25) is 0 Å². The number of rotatable bonds is 5. The molecular weight excluding hydrogens is 240 g/mol. The molecule has 1 aliphatic rings. The fourth-order valence-electron chi connectivity index (χ4n) is 2.74. The van der Waals surface area contributed by atoms with Crippen molar-refractivity contribution in [2.45, 2.75) is 58.9 Å². The van der Waals surface area contributed by atoms with Crippen molar-refractivity contribution in [3.63, 3.8) is 0 Å². The Morgan fingerprint density at radius 2 is 2.28 bits per heavy atom. The lowest BCUT2D eigenvalue weighted by molar-refractivity contribution is 0.343. The predicted molar refractivity (Wildman–Crippen MR) is 79.0 cm³/mol. The third-order valence-corrected chi connectivity index (χ3v) is 4.87. The number of hydrogen-bond donors (Lipinski definition) is 1. The van der Waals surface area contributed by atoms with Gasteiger partial charge in [0.1, 0.15) is 0 Å². The van der Waals surface area contributed by atoms with Gasteiger partial charge in [-0.3, -0.25) is 0 Å². The highest BCUT2D eigenvalue weighted by atomic mass is 32.1. The van der Waals surface area contributed by atoms with Crippen molar-refractivity contribution in [3.8, 4) is 0 Å². The average Bonchev–Trinajstić information content (AvgIpc) is 2.77. The van der Waals surface area contributed by atoms with E-state index < -0.39 is 0 Å². The van der Waals surface area contributed by atoms with Crippen LogP contribution in [-0.4, -0.2) is 11.5 Å². The van der Waals surface area contributed by atoms with E-state index in [1.165, 1.54) is 35.6 Å². The molecule has 0 saturated heterocycles. The van der Waals surface area contributed by atoms with E-state index in [-0.39, 0.29) is 0 Å². The van der Waals surface area contributed by atoms with Gasteiger partial charge >= 0.3 is 0 Å². The molecule has 1 saturated carbocycles. The van der Waals surface area contributed by atoms with Crippen LogP contribution in [0.25, 0.3) is 0 Å². The summed E-state index contributed by atoms with van der Waals surface area (Å²) in [6, 6.07) is 0. The van der Waals surface area contributed by atoms with Crippen LogP contribution in [0, 0.1) is 11.8 Å². The monoisotopic (exact) mass is 266 g/mol. The Hall–Kier alpha value is -0.410. The summed E-state index contributed by atoms with van der Waals surface area (Å²) in [4.78, 5) is 6.04. The Bertz CT molecular complexity index is 359. The van der Waals surface area contributed by atoms with E-state index in [4.69, 9.17) is 0 Å². The third-order valence-electron chi connectivity index (χ3n) is 3.71. The van der Waals surface area contributed by atoms with Crippen molar-refractivity contribution in [1.82, 2.24) is 10.3 Å². The topological polar surface area (TPSA) is 24.9 Å². The molecule has 2 rings (SSSR count). The maximum atomic E-state index is 4.65. The molecule has 1 heterocycles. The molecule has 2 atom stereocenters. The zero-order chi connectivity index (χ0) is 13.0. The first-order valence-electron chi connectivity index (χ1n) is 7.30. The zero-order valence-corrected chi connectivity index (χ0v) is 12.7. The van der Waals surface area contributed by atoms with E-state index in [2.05, 4.69) is 37.3 Å². The summed E-state index contributed by atoms with van der Waals surface area (Å²) in [5.41, 5.74) is 0. The third kappa shape index (κ3) is 4.06. The van der Waals surface area contributed by atoms with Gasteiger partial charge in [-0.25, -0.2) is 4.98 Å². The molecule has 2 nitrogen and oxygen atoms in total. The lowest BCUT2D eigenvalue weighted by atomic mass is 9.83. The van der Waals surface area contributed by atoms with Gasteiger partial charge in [0.25, 0.3) is 0 Å². The van der Waals surface area contributed by atoms with Crippen molar-refractivity contribution in [2.24, 2.45) is 11.8 Å². The van der Waals surface area contributed by atoms with Gasteiger partial charge < -0.3 is 5.32 Å². The molecule has 3 heteroatoms. The Balaban J connectivity index is 1.85. The minimum absolute atomic E-state index is 0.719. The molecule has 1 aromatic heterocycles. The van der Waals surface area contributed by atoms with Crippen molar-refractivity contribution >= 4 is 11.3 Å². The van der Waals surface area contributed by atoms with Crippen LogP contribution in [0.4, 0.5) is 0 Å². The summed E-state index contributed by atoms with van der Waals surface area (Å²) in [6.07, 6.45) is 7.55. The molecule has 0 radical (unpaired) electrons. The van der Waals surface area contributed by atoms with Gasteiger partial charge in [0.05, 0.1) is 5.01 Å². The summed E-state index contributed by atoms with van der Waals surface area (Å²) in [6.45, 7) is 8.94. The van der Waals surface area contributed by atoms with E-state index in [9.17, 15) is 0 Å². The SMILES string of the molecule is CC(C)CNCc1cnc(C2CCCC(C)C2)s1. The highest BCUT2D eigenvalue weighted by Gasteiger charge is 2.22. The molecule has 0 spiro atoms. The first-order valence-corrected chi connectivity index (χ1v) is 8.12. The summed E-state index contributed by atoms with van der Waals surface area (Å²) in [7, 11) is 0. The second-order valence-corrected chi connectivity index (χ2v) is 7.31. The van der Waals surface area contributed by atoms with Gasteiger partial charge in [0.2, 0.25) is 0 Å². The van der Waals surface area contributed by atoms with Crippen LogP contribution >= 0.6 is 11.3 Å². The van der Waals surface area contributed by atoms with Crippen LogP contribution in [0.5, 0.6) is 0 Å². The minimum Gasteiger partial charge on any atom is -0.312 e. The van der Waals surface area contributed by atoms with Gasteiger partial charge in [-0.2, -0.15) is 0 Å². The van der Waals surface area contributed by atoms with Crippen LogP contribution < -0.4 is 5.32 Å². The maximum Gasteiger partial charge on any atom is 0.0959 e. The number of aromatic nitrogens is 1. The summed E-state index contributed by atoms with van der Waals surface area (Å²) in [5, 5.41) is 4.87. The fourth-order valence-corrected chi connectivity index (χ4v) is 3.77. The van der Waals surface area contributed by atoms with Crippen molar-refractivity contribution in [3.05, 3.63) is 16.1 Å². The summed E-state index contributed by atoms with van der Waals surface area (Å²) < 4.78 is 0. The molecule has 18 heavy (non-hydrogen) atoms. The molecular formula is C15H26N2S. The molecule has 1 aliphatic carbocycles. The fraction of sp³-hybridized carbons (Fsp3) is 0.800. The predicted octanol–water partition coefficient (Wildman–Crippen LogP) is 4.18. The van der Waals surface area contributed by atoms with E-state index in [0.29, 0.717) is 0 Å². The minimum atomic E-state index is 0.719.